The summed E-state index contributed by atoms with van der Waals surface area (Å²) in [6.45, 7) is 2.07. The first kappa shape index (κ1) is 15.9. The van der Waals surface area contributed by atoms with Gasteiger partial charge >= 0.3 is 0 Å². The number of nitrogens with two attached hydrogens (primary N) is 1. The predicted octanol–water partition coefficient (Wildman–Crippen LogP) is 3.54. The summed E-state index contributed by atoms with van der Waals surface area (Å²) in [6.07, 6.45) is 1.75. The Morgan fingerprint density at radius 3 is 2.80 bits per heavy atom. The van der Waals surface area contributed by atoms with Crippen molar-refractivity contribution in [3.8, 4) is 0 Å². The third kappa shape index (κ3) is 3.07. The zero-order valence-electron chi connectivity index (χ0n) is 13.2. The molecule has 0 aliphatic rings. The van der Waals surface area contributed by atoms with Crippen LogP contribution < -0.4 is 10.5 Å². The van der Waals surface area contributed by atoms with E-state index in [1.807, 2.05) is 6.07 Å². The van der Waals surface area contributed by atoms with Crippen molar-refractivity contribution >= 4 is 54.0 Å². The number of anilines is 2. The zero-order chi connectivity index (χ0) is 17.6. The smallest absolute Gasteiger partial charge is 0.238 e. The monoisotopic (exact) mass is 370 g/mol. The van der Waals surface area contributed by atoms with E-state index >= 15 is 0 Å². The molecule has 0 radical (unpaired) electrons. The number of rotatable bonds is 3. The SMILES string of the molecule is Cc1cc2c(ccc3cnc(Nc4cccc(S(N)(=O)=O)c4)nc32)s1. The highest BCUT2D eigenvalue weighted by atomic mass is 32.2. The van der Waals surface area contributed by atoms with Gasteiger partial charge < -0.3 is 5.32 Å². The van der Waals surface area contributed by atoms with Crippen molar-refractivity contribution in [2.75, 3.05) is 5.32 Å². The molecule has 126 valence electrons. The number of sulfonamides is 1. The Labute approximate surface area is 148 Å². The highest BCUT2D eigenvalue weighted by Gasteiger charge is 2.10. The quantitative estimate of drug-likeness (QED) is 0.575. The van der Waals surface area contributed by atoms with E-state index in [0.717, 1.165) is 16.3 Å². The van der Waals surface area contributed by atoms with Crippen molar-refractivity contribution in [3.05, 3.63) is 53.5 Å². The molecule has 25 heavy (non-hydrogen) atoms. The van der Waals surface area contributed by atoms with Crippen LogP contribution >= 0.6 is 11.3 Å². The van der Waals surface area contributed by atoms with Gasteiger partial charge in [0.1, 0.15) is 0 Å². The van der Waals surface area contributed by atoms with Crippen LogP contribution in [0.15, 0.2) is 53.6 Å². The van der Waals surface area contributed by atoms with Gasteiger partial charge in [-0.25, -0.2) is 23.5 Å². The highest BCUT2D eigenvalue weighted by Crippen LogP contribution is 2.31. The fourth-order valence-electron chi connectivity index (χ4n) is 2.68. The number of hydrogen-bond acceptors (Lipinski definition) is 6. The molecule has 6 nitrogen and oxygen atoms in total. The van der Waals surface area contributed by atoms with E-state index in [4.69, 9.17) is 5.14 Å². The van der Waals surface area contributed by atoms with E-state index in [2.05, 4.69) is 34.3 Å². The number of nitrogens with zero attached hydrogens (tertiary/aromatic N) is 2. The van der Waals surface area contributed by atoms with E-state index in [-0.39, 0.29) is 4.90 Å². The maximum absolute atomic E-state index is 11.5. The van der Waals surface area contributed by atoms with Crippen LogP contribution in [0.25, 0.3) is 21.0 Å². The van der Waals surface area contributed by atoms with Crippen molar-refractivity contribution in [1.82, 2.24) is 9.97 Å². The van der Waals surface area contributed by atoms with Crippen LogP contribution in [0.4, 0.5) is 11.6 Å². The second kappa shape index (κ2) is 5.76. The van der Waals surface area contributed by atoms with Gasteiger partial charge in [-0.1, -0.05) is 6.07 Å². The number of fused-ring (bicyclic) bond motifs is 3. The molecule has 0 aliphatic heterocycles. The topological polar surface area (TPSA) is 98.0 Å². The minimum Gasteiger partial charge on any atom is -0.324 e. The zero-order valence-corrected chi connectivity index (χ0v) is 14.9. The van der Waals surface area contributed by atoms with Crippen molar-refractivity contribution in [2.45, 2.75) is 11.8 Å². The van der Waals surface area contributed by atoms with E-state index in [1.165, 1.54) is 21.7 Å². The average molecular weight is 370 g/mol. The molecule has 0 spiro atoms. The maximum atomic E-state index is 11.5. The fraction of sp³-hybridized carbons (Fsp3) is 0.0588. The third-order valence-electron chi connectivity index (χ3n) is 3.79. The largest absolute Gasteiger partial charge is 0.324 e. The predicted molar refractivity (Wildman–Crippen MR) is 101 cm³/mol. The molecule has 0 amide bonds. The number of primary sulfonamides is 1. The van der Waals surface area contributed by atoms with Crippen LogP contribution in [0.3, 0.4) is 0 Å². The molecule has 0 aliphatic carbocycles. The van der Waals surface area contributed by atoms with Gasteiger partial charge in [-0.2, -0.15) is 0 Å². The summed E-state index contributed by atoms with van der Waals surface area (Å²) < 4.78 is 24.1. The Balaban J connectivity index is 1.78. The molecule has 4 rings (SSSR count). The number of hydrogen-bond donors (Lipinski definition) is 2. The molecular weight excluding hydrogens is 356 g/mol. The lowest BCUT2D eigenvalue weighted by atomic mass is 10.2. The van der Waals surface area contributed by atoms with Gasteiger partial charge in [0.05, 0.1) is 10.4 Å². The lowest BCUT2D eigenvalue weighted by Crippen LogP contribution is -2.12. The number of aromatic nitrogens is 2. The van der Waals surface area contributed by atoms with Crippen LogP contribution in [-0.2, 0) is 10.0 Å². The number of nitrogens with one attached hydrogen (secondary N) is 1. The molecule has 0 saturated carbocycles. The van der Waals surface area contributed by atoms with Crippen molar-refractivity contribution in [1.29, 1.82) is 0 Å². The minimum atomic E-state index is -3.76. The molecule has 0 saturated heterocycles. The highest BCUT2D eigenvalue weighted by molar-refractivity contribution is 7.89. The number of thiophene rings is 1. The first-order valence-electron chi connectivity index (χ1n) is 7.46. The molecule has 2 aromatic heterocycles. The van der Waals surface area contributed by atoms with E-state index in [9.17, 15) is 8.42 Å². The second-order valence-corrected chi connectivity index (χ2v) is 8.51. The van der Waals surface area contributed by atoms with Gasteiger partial charge in [0.25, 0.3) is 0 Å². The molecule has 2 aromatic carbocycles. The van der Waals surface area contributed by atoms with Crippen molar-refractivity contribution < 1.29 is 8.42 Å². The van der Waals surface area contributed by atoms with Gasteiger partial charge in [0, 0.05) is 32.2 Å². The Morgan fingerprint density at radius 1 is 1.16 bits per heavy atom. The van der Waals surface area contributed by atoms with Gasteiger partial charge in [0.15, 0.2) is 0 Å². The maximum Gasteiger partial charge on any atom is 0.238 e. The number of benzene rings is 2. The molecule has 0 unspecified atom stereocenters. The lowest BCUT2D eigenvalue weighted by Gasteiger charge is -2.07. The van der Waals surface area contributed by atoms with Gasteiger partial charge in [0.2, 0.25) is 16.0 Å². The molecule has 0 fully saturated rings. The average Bonchev–Trinajstić information content (AvgIpc) is 2.95. The van der Waals surface area contributed by atoms with Crippen LogP contribution in [-0.4, -0.2) is 18.4 Å². The van der Waals surface area contributed by atoms with Gasteiger partial charge in [-0.3, -0.25) is 0 Å². The Kier molecular flexibility index (Phi) is 3.68. The summed E-state index contributed by atoms with van der Waals surface area (Å²) >= 11 is 1.72. The second-order valence-electron chi connectivity index (χ2n) is 5.66. The van der Waals surface area contributed by atoms with E-state index < -0.39 is 10.0 Å². The van der Waals surface area contributed by atoms with Crippen molar-refractivity contribution in [3.63, 3.8) is 0 Å². The standard InChI is InChI=1S/C17H14N4O2S2/c1-10-7-14-15(24-10)6-5-11-9-19-17(21-16(11)14)20-12-3-2-4-13(8-12)25(18,22)23/h2-9H,1H3,(H2,18,22,23)(H,19,20,21). The molecule has 3 N–H and O–H groups in total. The Morgan fingerprint density at radius 2 is 2.00 bits per heavy atom. The third-order valence-corrected chi connectivity index (χ3v) is 5.72. The molecule has 4 aromatic rings. The van der Waals surface area contributed by atoms with Crippen LogP contribution in [0.5, 0.6) is 0 Å². The first-order chi connectivity index (χ1) is 11.9. The normalized spacial score (nSPS) is 11.9. The molecule has 2 heterocycles. The van der Waals surface area contributed by atoms with E-state index in [1.54, 1.807) is 29.7 Å². The van der Waals surface area contributed by atoms with E-state index in [0.29, 0.717) is 11.6 Å². The Hall–Kier alpha value is -2.55. The number of aryl methyl sites for hydroxylation is 1. The summed E-state index contributed by atoms with van der Waals surface area (Å²) in [5.41, 5.74) is 1.42. The fourth-order valence-corrected chi connectivity index (χ4v) is 4.16. The van der Waals surface area contributed by atoms with Crippen LogP contribution in [0.2, 0.25) is 0 Å². The van der Waals surface area contributed by atoms with Crippen molar-refractivity contribution in [2.24, 2.45) is 5.14 Å². The van der Waals surface area contributed by atoms with Gasteiger partial charge in [-0.15, -0.1) is 11.3 Å². The van der Waals surface area contributed by atoms with Gasteiger partial charge in [-0.05, 0) is 43.3 Å². The first-order valence-corrected chi connectivity index (χ1v) is 9.82. The summed E-state index contributed by atoms with van der Waals surface area (Å²) in [5.74, 6) is 0.399. The summed E-state index contributed by atoms with van der Waals surface area (Å²) in [4.78, 5) is 10.2. The summed E-state index contributed by atoms with van der Waals surface area (Å²) in [6, 6.07) is 12.4. The molecule has 8 heteroatoms. The molecule has 0 atom stereocenters. The summed E-state index contributed by atoms with van der Waals surface area (Å²) in [7, 11) is -3.76. The Bertz CT molecular complexity index is 1220. The minimum absolute atomic E-state index is 0.0362. The summed E-state index contributed by atoms with van der Waals surface area (Å²) in [5, 5.41) is 10.3. The molecular formula is C17H14N4O2S2. The molecule has 0 bridgehead atoms. The van der Waals surface area contributed by atoms with Crippen LogP contribution in [0.1, 0.15) is 4.88 Å². The van der Waals surface area contributed by atoms with Crippen LogP contribution in [0, 0.1) is 6.92 Å². The lowest BCUT2D eigenvalue weighted by molar-refractivity contribution is 0.598.